The first kappa shape index (κ1) is 19.4. The Hall–Kier alpha value is -1.93. The zero-order chi connectivity index (χ0) is 19.7. The van der Waals surface area contributed by atoms with Crippen LogP contribution in [0.15, 0.2) is 5.03 Å². The summed E-state index contributed by atoms with van der Waals surface area (Å²) in [6.07, 6.45) is 7.07. The number of amides is 1. The van der Waals surface area contributed by atoms with E-state index in [4.69, 9.17) is 4.74 Å². The first-order chi connectivity index (χ1) is 13.6. The number of rotatable bonds is 5. The summed E-state index contributed by atoms with van der Waals surface area (Å²) in [4.78, 5) is 35.2. The van der Waals surface area contributed by atoms with Gasteiger partial charge in [-0.2, -0.15) is 0 Å². The lowest BCUT2D eigenvalue weighted by atomic mass is 9.95. The summed E-state index contributed by atoms with van der Waals surface area (Å²) in [5.41, 5.74) is 3.90. The summed E-state index contributed by atoms with van der Waals surface area (Å²) in [7, 11) is 1.38. The molecule has 0 atom stereocenters. The molecule has 148 valence electrons. The standard InChI is InChI=1S/C20H23N3O3S2/c1-11-21-14-8-5-7-12(14)18(22-11)27-10-16(24)23-19-17(20(25)26-2)13-6-3-4-9-15(13)28-19/h3-10H2,1-2H3,(H,23,24). The van der Waals surface area contributed by atoms with E-state index in [9.17, 15) is 9.59 Å². The average Bonchev–Trinajstić information content (AvgIpc) is 3.29. The topological polar surface area (TPSA) is 81.2 Å². The van der Waals surface area contributed by atoms with Crippen LogP contribution in [0, 0.1) is 6.92 Å². The van der Waals surface area contributed by atoms with E-state index in [0.29, 0.717) is 10.6 Å². The summed E-state index contributed by atoms with van der Waals surface area (Å²) in [6.45, 7) is 1.89. The molecule has 0 saturated carbocycles. The van der Waals surface area contributed by atoms with Crippen molar-refractivity contribution in [3.05, 3.63) is 33.1 Å². The molecule has 0 radical (unpaired) electrons. The largest absolute Gasteiger partial charge is 0.465 e. The highest BCUT2D eigenvalue weighted by Crippen LogP contribution is 2.38. The average molecular weight is 418 g/mol. The van der Waals surface area contributed by atoms with Crippen molar-refractivity contribution in [3.8, 4) is 0 Å². The third-order valence-corrected chi connectivity index (χ3v) is 7.39. The number of thioether (sulfide) groups is 1. The second-order valence-electron chi connectivity index (χ2n) is 7.10. The molecule has 1 amide bonds. The molecule has 2 aliphatic rings. The molecule has 2 heterocycles. The molecule has 0 aromatic carbocycles. The number of esters is 1. The highest BCUT2D eigenvalue weighted by atomic mass is 32.2. The highest BCUT2D eigenvalue weighted by Gasteiger charge is 2.27. The number of hydrogen-bond donors (Lipinski definition) is 1. The van der Waals surface area contributed by atoms with Gasteiger partial charge in [0, 0.05) is 16.1 Å². The highest BCUT2D eigenvalue weighted by molar-refractivity contribution is 8.00. The minimum absolute atomic E-state index is 0.128. The molecule has 0 aliphatic heterocycles. The molecule has 0 saturated heterocycles. The van der Waals surface area contributed by atoms with Crippen LogP contribution < -0.4 is 5.32 Å². The van der Waals surface area contributed by atoms with Gasteiger partial charge in [-0.1, -0.05) is 11.8 Å². The third-order valence-electron chi connectivity index (χ3n) is 5.16. The molecule has 4 rings (SSSR count). The Bertz CT molecular complexity index is 939. The summed E-state index contributed by atoms with van der Waals surface area (Å²) >= 11 is 2.96. The van der Waals surface area contributed by atoms with Crippen LogP contribution in [0.5, 0.6) is 0 Å². The molecule has 0 bridgehead atoms. The fourth-order valence-corrected chi connectivity index (χ4v) is 6.13. The van der Waals surface area contributed by atoms with Crippen molar-refractivity contribution in [2.75, 3.05) is 18.2 Å². The van der Waals surface area contributed by atoms with Gasteiger partial charge in [0.05, 0.1) is 18.4 Å². The molecular formula is C20H23N3O3S2. The van der Waals surface area contributed by atoms with E-state index >= 15 is 0 Å². The van der Waals surface area contributed by atoms with E-state index < -0.39 is 0 Å². The number of ether oxygens (including phenoxy) is 1. The predicted molar refractivity (Wildman–Crippen MR) is 110 cm³/mol. The van der Waals surface area contributed by atoms with Crippen molar-refractivity contribution in [2.24, 2.45) is 0 Å². The van der Waals surface area contributed by atoms with Gasteiger partial charge in [0.1, 0.15) is 15.9 Å². The smallest absolute Gasteiger partial charge is 0.341 e. The fraction of sp³-hybridized carbons (Fsp3) is 0.500. The molecule has 0 unspecified atom stereocenters. The van der Waals surface area contributed by atoms with E-state index in [1.165, 1.54) is 40.6 Å². The van der Waals surface area contributed by atoms with Gasteiger partial charge in [-0.3, -0.25) is 4.79 Å². The van der Waals surface area contributed by atoms with Gasteiger partial charge < -0.3 is 10.1 Å². The summed E-state index contributed by atoms with van der Waals surface area (Å²) in [5.74, 6) is 0.511. The minimum Gasteiger partial charge on any atom is -0.465 e. The number of anilines is 1. The van der Waals surface area contributed by atoms with E-state index in [2.05, 4.69) is 15.3 Å². The number of fused-ring (bicyclic) bond motifs is 2. The van der Waals surface area contributed by atoms with Crippen molar-refractivity contribution in [3.63, 3.8) is 0 Å². The molecule has 1 N–H and O–H groups in total. The van der Waals surface area contributed by atoms with Crippen LogP contribution >= 0.6 is 23.1 Å². The summed E-state index contributed by atoms with van der Waals surface area (Å²) < 4.78 is 4.97. The number of carbonyl (C=O) groups excluding carboxylic acids is 2. The van der Waals surface area contributed by atoms with Gasteiger partial charge in [0.25, 0.3) is 0 Å². The lowest BCUT2D eigenvalue weighted by Gasteiger charge is -2.12. The van der Waals surface area contributed by atoms with E-state index in [-0.39, 0.29) is 17.6 Å². The zero-order valence-corrected chi connectivity index (χ0v) is 17.7. The van der Waals surface area contributed by atoms with Crippen LogP contribution in [0.4, 0.5) is 5.00 Å². The predicted octanol–water partition coefficient (Wildman–Crippen LogP) is 3.73. The maximum absolute atomic E-state index is 12.6. The van der Waals surface area contributed by atoms with Crippen LogP contribution in [0.25, 0.3) is 0 Å². The van der Waals surface area contributed by atoms with E-state index in [1.54, 1.807) is 0 Å². The molecule has 0 spiro atoms. The number of thiophene rings is 1. The number of nitrogens with zero attached hydrogens (tertiary/aromatic N) is 2. The zero-order valence-electron chi connectivity index (χ0n) is 16.1. The van der Waals surface area contributed by atoms with Gasteiger partial charge in [0.15, 0.2) is 0 Å². The quantitative estimate of drug-likeness (QED) is 0.454. The van der Waals surface area contributed by atoms with Crippen molar-refractivity contribution >= 4 is 40.0 Å². The second kappa shape index (κ2) is 8.21. The van der Waals surface area contributed by atoms with E-state index in [0.717, 1.165) is 67.1 Å². The maximum atomic E-state index is 12.6. The second-order valence-corrected chi connectivity index (χ2v) is 9.17. The van der Waals surface area contributed by atoms with E-state index in [1.807, 2.05) is 6.92 Å². The number of aromatic nitrogens is 2. The molecule has 6 nitrogen and oxygen atoms in total. The van der Waals surface area contributed by atoms with Crippen LogP contribution in [-0.2, 0) is 35.2 Å². The molecule has 2 aliphatic carbocycles. The number of aryl methyl sites for hydroxylation is 3. The van der Waals surface area contributed by atoms with Crippen molar-refractivity contribution in [2.45, 2.75) is 56.9 Å². The lowest BCUT2D eigenvalue weighted by molar-refractivity contribution is -0.113. The van der Waals surface area contributed by atoms with Crippen LogP contribution in [-0.4, -0.2) is 34.7 Å². The van der Waals surface area contributed by atoms with Gasteiger partial charge in [-0.15, -0.1) is 11.3 Å². The molecule has 28 heavy (non-hydrogen) atoms. The molecule has 2 aromatic rings. The molecule has 0 fully saturated rings. The Morgan fingerprint density at radius 2 is 1.89 bits per heavy atom. The lowest BCUT2D eigenvalue weighted by Crippen LogP contribution is -2.17. The number of carbonyl (C=O) groups is 2. The Morgan fingerprint density at radius 3 is 2.71 bits per heavy atom. The van der Waals surface area contributed by atoms with Gasteiger partial charge in [-0.25, -0.2) is 14.8 Å². The number of nitrogens with one attached hydrogen (secondary N) is 1. The molecule has 8 heteroatoms. The van der Waals surface area contributed by atoms with Gasteiger partial charge >= 0.3 is 5.97 Å². The first-order valence-electron chi connectivity index (χ1n) is 9.58. The third kappa shape index (κ3) is 3.80. The van der Waals surface area contributed by atoms with Crippen LogP contribution in [0.3, 0.4) is 0 Å². The maximum Gasteiger partial charge on any atom is 0.341 e. The van der Waals surface area contributed by atoms with Gasteiger partial charge in [0.2, 0.25) is 5.91 Å². The van der Waals surface area contributed by atoms with Crippen molar-refractivity contribution < 1.29 is 14.3 Å². The van der Waals surface area contributed by atoms with Crippen molar-refractivity contribution in [1.29, 1.82) is 0 Å². The Labute approximate surface area is 172 Å². The SMILES string of the molecule is COC(=O)c1c(NC(=O)CSc2nc(C)nc3c2CCC3)sc2c1CCCC2. The Morgan fingerprint density at radius 1 is 1.11 bits per heavy atom. The summed E-state index contributed by atoms with van der Waals surface area (Å²) in [5, 5.41) is 4.48. The minimum atomic E-state index is -0.369. The summed E-state index contributed by atoms with van der Waals surface area (Å²) in [6, 6.07) is 0. The first-order valence-corrected chi connectivity index (χ1v) is 11.4. The Kier molecular flexibility index (Phi) is 5.68. The van der Waals surface area contributed by atoms with Crippen molar-refractivity contribution in [1.82, 2.24) is 9.97 Å². The fourth-order valence-electron chi connectivity index (χ4n) is 3.90. The number of hydrogen-bond acceptors (Lipinski definition) is 7. The van der Waals surface area contributed by atoms with Crippen LogP contribution in [0.2, 0.25) is 0 Å². The number of methoxy groups -OCH3 is 1. The van der Waals surface area contributed by atoms with Crippen LogP contribution in [0.1, 0.15) is 57.1 Å². The molecular weight excluding hydrogens is 394 g/mol. The van der Waals surface area contributed by atoms with Gasteiger partial charge in [-0.05, 0) is 57.4 Å². The monoisotopic (exact) mass is 417 g/mol. The normalized spacial score (nSPS) is 15.1. The Balaban J connectivity index is 1.49. The molecule has 2 aromatic heterocycles.